The van der Waals surface area contributed by atoms with Crippen molar-refractivity contribution in [2.24, 2.45) is 0 Å². The number of carbonyl (C=O) groups is 2. The van der Waals surface area contributed by atoms with Crippen molar-refractivity contribution in [2.45, 2.75) is 39.7 Å². The third kappa shape index (κ3) is 4.57. The third-order valence-electron chi connectivity index (χ3n) is 2.79. The third-order valence-corrected chi connectivity index (χ3v) is 2.79. The van der Waals surface area contributed by atoms with E-state index in [4.69, 9.17) is 4.74 Å². The van der Waals surface area contributed by atoms with E-state index in [1.54, 1.807) is 13.8 Å². The van der Waals surface area contributed by atoms with Crippen molar-refractivity contribution in [3.63, 3.8) is 0 Å². The number of benzene rings is 1. The summed E-state index contributed by atoms with van der Waals surface area (Å²) < 4.78 is 5.66. The molecule has 1 atom stereocenters. The molecule has 0 aliphatic heterocycles. The van der Waals surface area contributed by atoms with E-state index in [1.165, 1.54) is 0 Å². The summed E-state index contributed by atoms with van der Waals surface area (Å²) in [5.41, 5.74) is 1.03. The Bertz CT molecular complexity index is 472. The van der Waals surface area contributed by atoms with E-state index in [1.807, 2.05) is 24.3 Å². The van der Waals surface area contributed by atoms with Crippen LogP contribution in [0.3, 0.4) is 0 Å². The van der Waals surface area contributed by atoms with Crippen LogP contribution in [0.5, 0.6) is 5.75 Å². The highest BCUT2D eigenvalue weighted by atomic mass is 16.5. The summed E-state index contributed by atoms with van der Waals surface area (Å²) in [5.74, 6) is 0.500. The van der Waals surface area contributed by atoms with Crippen molar-refractivity contribution >= 4 is 11.9 Å². The second kappa shape index (κ2) is 7.53. The van der Waals surface area contributed by atoms with Gasteiger partial charge in [-0.3, -0.25) is 10.1 Å². The summed E-state index contributed by atoms with van der Waals surface area (Å²) in [6.07, 6.45) is -0.738. The molecule has 2 N–H and O–H groups in total. The van der Waals surface area contributed by atoms with Gasteiger partial charge in [-0.1, -0.05) is 32.0 Å². The van der Waals surface area contributed by atoms with Crippen LogP contribution in [-0.4, -0.2) is 24.6 Å². The van der Waals surface area contributed by atoms with Crippen LogP contribution in [0.4, 0.5) is 4.79 Å². The Hall–Kier alpha value is -2.04. The molecule has 5 heteroatoms. The summed E-state index contributed by atoms with van der Waals surface area (Å²) >= 11 is 0. The highest BCUT2D eigenvalue weighted by Crippen LogP contribution is 2.26. The van der Waals surface area contributed by atoms with E-state index in [2.05, 4.69) is 24.5 Å². The molecule has 0 aromatic heterocycles. The highest BCUT2D eigenvalue weighted by Gasteiger charge is 2.18. The van der Waals surface area contributed by atoms with Crippen LogP contribution in [-0.2, 0) is 4.79 Å². The molecule has 0 heterocycles. The largest absolute Gasteiger partial charge is 0.481 e. The van der Waals surface area contributed by atoms with Crippen molar-refractivity contribution in [1.82, 2.24) is 10.6 Å². The van der Waals surface area contributed by atoms with Crippen LogP contribution in [0, 0.1) is 0 Å². The predicted molar refractivity (Wildman–Crippen MR) is 77.8 cm³/mol. The average Bonchev–Trinajstić information content (AvgIpc) is 2.39. The summed E-state index contributed by atoms with van der Waals surface area (Å²) in [6.45, 7) is 7.97. The van der Waals surface area contributed by atoms with Crippen LogP contribution in [0.1, 0.15) is 39.2 Å². The molecule has 3 amide bonds. The number of amides is 3. The molecule has 20 heavy (non-hydrogen) atoms. The lowest BCUT2D eigenvalue weighted by Gasteiger charge is -2.18. The molecule has 0 saturated heterocycles. The maximum atomic E-state index is 11.8. The number of para-hydroxylation sites is 1. The van der Waals surface area contributed by atoms with Crippen molar-refractivity contribution in [3.8, 4) is 5.75 Å². The monoisotopic (exact) mass is 278 g/mol. The molecule has 1 aromatic rings. The minimum absolute atomic E-state index is 0.296. The number of ether oxygens (including phenoxy) is 1. The number of nitrogens with one attached hydrogen (secondary N) is 2. The number of urea groups is 1. The smallest absolute Gasteiger partial charge is 0.321 e. The Morgan fingerprint density at radius 1 is 1.20 bits per heavy atom. The zero-order valence-electron chi connectivity index (χ0n) is 12.4. The molecule has 1 aromatic carbocycles. The molecule has 1 unspecified atom stereocenters. The first kappa shape index (κ1) is 16.0. The van der Waals surface area contributed by atoms with Gasteiger partial charge in [-0.15, -0.1) is 0 Å². The van der Waals surface area contributed by atoms with E-state index < -0.39 is 18.0 Å². The van der Waals surface area contributed by atoms with Gasteiger partial charge in [0.25, 0.3) is 5.91 Å². The van der Waals surface area contributed by atoms with Crippen LogP contribution in [0.2, 0.25) is 0 Å². The Kier molecular flexibility index (Phi) is 6.03. The molecule has 0 radical (unpaired) electrons. The molecule has 0 aliphatic rings. The maximum absolute atomic E-state index is 11.8. The number of hydrogen-bond donors (Lipinski definition) is 2. The Morgan fingerprint density at radius 2 is 1.85 bits per heavy atom. The fourth-order valence-electron chi connectivity index (χ4n) is 1.73. The van der Waals surface area contributed by atoms with E-state index >= 15 is 0 Å². The average molecular weight is 278 g/mol. The van der Waals surface area contributed by atoms with Gasteiger partial charge in [0.15, 0.2) is 6.10 Å². The first-order chi connectivity index (χ1) is 9.45. The zero-order chi connectivity index (χ0) is 15.1. The van der Waals surface area contributed by atoms with Gasteiger partial charge >= 0.3 is 6.03 Å². The summed E-state index contributed by atoms with van der Waals surface area (Å²) in [6, 6.07) is 7.07. The van der Waals surface area contributed by atoms with Gasteiger partial charge < -0.3 is 10.1 Å². The number of imide groups is 1. The second-order valence-corrected chi connectivity index (χ2v) is 4.80. The van der Waals surface area contributed by atoms with E-state index in [-0.39, 0.29) is 0 Å². The molecular formula is C15H22N2O3. The zero-order valence-corrected chi connectivity index (χ0v) is 12.4. The number of hydrogen-bond acceptors (Lipinski definition) is 3. The Labute approximate surface area is 119 Å². The van der Waals surface area contributed by atoms with Gasteiger partial charge in [0.05, 0.1) is 0 Å². The summed E-state index contributed by atoms with van der Waals surface area (Å²) in [4.78, 5) is 23.1. The molecule has 5 nitrogen and oxygen atoms in total. The fraction of sp³-hybridized carbons (Fsp3) is 0.467. The lowest BCUT2D eigenvalue weighted by atomic mass is 10.0. The SMILES string of the molecule is CCNC(=O)NC(=O)C(C)Oc1ccccc1C(C)C. The summed E-state index contributed by atoms with van der Waals surface area (Å²) in [5, 5.41) is 4.73. The van der Waals surface area contributed by atoms with Crippen molar-refractivity contribution in [3.05, 3.63) is 29.8 Å². The predicted octanol–water partition coefficient (Wildman–Crippen LogP) is 2.42. The Balaban J connectivity index is 2.68. The van der Waals surface area contributed by atoms with Crippen LogP contribution in [0.15, 0.2) is 24.3 Å². The molecule has 1 rings (SSSR count). The van der Waals surface area contributed by atoms with E-state index in [0.29, 0.717) is 18.2 Å². The van der Waals surface area contributed by atoms with Gasteiger partial charge in [0.2, 0.25) is 0 Å². The number of carbonyl (C=O) groups excluding carboxylic acids is 2. The maximum Gasteiger partial charge on any atom is 0.321 e. The molecule has 110 valence electrons. The molecular weight excluding hydrogens is 256 g/mol. The lowest BCUT2D eigenvalue weighted by molar-refractivity contribution is -0.126. The van der Waals surface area contributed by atoms with Gasteiger partial charge in [0, 0.05) is 6.54 Å². The van der Waals surface area contributed by atoms with Crippen molar-refractivity contribution in [1.29, 1.82) is 0 Å². The normalized spacial score (nSPS) is 11.8. The molecule has 0 spiro atoms. The first-order valence-electron chi connectivity index (χ1n) is 6.80. The van der Waals surface area contributed by atoms with Gasteiger partial charge in [-0.2, -0.15) is 0 Å². The highest BCUT2D eigenvalue weighted by molar-refractivity contribution is 5.96. The van der Waals surface area contributed by atoms with Gasteiger partial charge in [0.1, 0.15) is 5.75 Å². The fourth-order valence-corrected chi connectivity index (χ4v) is 1.73. The quantitative estimate of drug-likeness (QED) is 0.869. The van der Waals surface area contributed by atoms with Gasteiger partial charge in [-0.25, -0.2) is 4.79 Å². The Morgan fingerprint density at radius 3 is 2.45 bits per heavy atom. The van der Waals surface area contributed by atoms with Crippen LogP contribution < -0.4 is 15.4 Å². The number of rotatable bonds is 5. The summed E-state index contributed by atoms with van der Waals surface area (Å²) in [7, 11) is 0. The van der Waals surface area contributed by atoms with E-state index in [0.717, 1.165) is 5.56 Å². The van der Waals surface area contributed by atoms with Gasteiger partial charge in [-0.05, 0) is 31.4 Å². The molecule has 0 saturated carbocycles. The first-order valence-corrected chi connectivity index (χ1v) is 6.80. The van der Waals surface area contributed by atoms with Crippen LogP contribution in [0.25, 0.3) is 0 Å². The second-order valence-electron chi connectivity index (χ2n) is 4.80. The minimum atomic E-state index is -0.738. The molecule has 0 fully saturated rings. The van der Waals surface area contributed by atoms with E-state index in [9.17, 15) is 9.59 Å². The topological polar surface area (TPSA) is 67.4 Å². The van der Waals surface area contributed by atoms with Crippen LogP contribution >= 0.6 is 0 Å². The minimum Gasteiger partial charge on any atom is -0.481 e. The molecule has 0 aliphatic carbocycles. The van der Waals surface area contributed by atoms with Crippen molar-refractivity contribution in [2.75, 3.05) is 6.54 Å². The standard InChI is InChI=1S/C15H22N2O3/c1-5-16-15(19)17-14(18)11(4)20-13-9-7-6-8-12(13)10(2)3/h6-11H,5H2,1-4H3,(H2,16,17,18,19). The lowest BCUT2D eigenvalue weighted by Crippen LogP contribution is -2.45. The van der Waals surface area contributed by atoms with Crippen molar-refractivity contribution < 1.29 is 14.3 Å². The molecule has 0 bridgehead atoms.